The molecule has 0 bridgehead atoms. The van der Waals surface area contributed by atoms with Crippen molar-refractivity contribution in [1.29, 1.82) is 5.26 Å². The van der Waals surface area contributed by atoms with E-state index in [9.17, 15) is 13.2 Å². The van der Waals surface area contributed by atoms with Crippen LogP contribution < -0.4 is 5.32 Å². The topological polar surface area (TPSA) is 35.8 Å². The maximum Gasteiger partial charge on any atom is 0.405 e. The van der Waals surface area contributed by atoms with Crippen molar-refractivity contribution in [3.63, 3.8) is 0 Å². The van der Waals surface area contributed by atoms with Crippen LogP contribution >= 0.6 is 0 Å². The van der Waals surface area contributed by atoms with Crippen LogP contribution in [0, 0.1) is 29.1 Å². The van der Waals surface area contributed by atoms with E-state index in [0.717, 1.165) is 0 Å². The summed E-state index contributed by atoms with van der Waals surface area (Å²) < 4.78 is 36.0. The summed E-state index contributed by atoms with van der Waals surface area (Å²) in [5.41, 5.74) is 0. The third-order valence-corrected chi connectivity index (χ3v) is 1.50. The molecule has 2 nitrogen and oxygen atoms in total. The Kier molecular flexibility index (Phi) is 5.74. The molecule has 0 saturated carbocycles. The average Bonchev–Trinajstić information content (AvgIpc) is 2.09. The van der Waals surface area contributed by atoms with Gasteiger partial charge >= 0.3 is 6.18 Å². The highest BCUT2D eigenvalue weighted by molar-refractivity contribution is 4.95. The molecule has 1 unspecified atom stereocenters. The van der Waals surface area contributed by atoms with E-state index in [1.165, 1.54) is 6.07 Å². The summed E-state index contributed by atoms with van der Waals surface area (Å²) in [4.78, 5) is 0. The highest BCUT2D eigenvalue weighted by atomic mass is 19.4. The maximum absolute atomic E-state index is 12.0. The molecule has 14 heavy (non-hydrogen) atoms. The van der Waals surface area contributed by atoms with Crippen molar-refractivity contribution in [2.45, 2.75) is 19.5 Å². The quantitative estimate of drug-likeness (QED) is 0.558. The second-order valence-electron chi connectivity index (χ2n) is 2.60. The van der Waals surface area contributed by atoms with Gasteiger partial charge in [0.2, 0.25) is 0 Å². The zero-order valence-corrected chi connectivity index (χ0v) is 7.78. The molecule has 0 rings (SSSR count). The minimum absolute atomic E-state index is 0.370. The van der Waals surface area contributed by atoms with Crippen LogP contribution in [0.15, 0.2) is 0 Å². The molecule has 0 aromatic carbocycles. The first-order valence-corrected chi connectivity index (χ1v) is 4.09. The first-order chi connectivity index (χ1) is 6.52. The molecule has 0 aliphatic heterocycles. The summed E-state index contributed by atoms with van der Waals surface area (Å²) in [5.74, 6) is 3.39. The van der Waals surface area contributed by atoms with Crippen LogP contribution in [0.2, 0.25) is 0 Å². The number of halogens is 3. The highest BCUT2D eigenvalue weighted by Gasteiger charge is 2.39. The predicted octanol–water partition coefficient (Wildman–Crippen LogP) is 1.69. The van der Waals surface area contributed by atoms with Crippen LogP contribution in [0.1, 0.15) is 13.3 Å². The SMILES string of the molecule is CC#CCCNCC(C#N)C(F)(F)F. The Morgan fingerprint density at radius 3 is 2.50 bits per heavy atom. The molecular formula is C9H11F3N2. The third kappa shape index (κ3) is 5.45. The first kappa shape index (κ1) is 12.8. The maximum atomic E-state index is 12.0. The molecule has 0 aromatic heterocycles. The van der Waals surface area contributed by atoms with Crippen molar-refractivity contribution in [1.82, 2.24) is 5.32 Å². The molecule has 0 saturated heterocycles. The van der Waals surface area contributed by atoms with Gasteiger partial charge in [-0.3, -0.25) is 0 Å². The second-order valence-corrected chi connectivity index (χ2v) is 2.60. The van der Waals surface area contributed by atoms with Crippen LogP contribution in [0.5, 0.6) is 0 Å². The molecule has 1 N–H and O–H groups in total. The van der Waals surface area contributed by atoms with E-state index in [-0.39, 0.29) is 6.54 Å². The van der Waals surface area contributed by atoms with Crippen LogP contribution in [0.4, 0.5) is 13.2 Å². The van der Waals surface area contributed by atoms with Gasteiger partial charge in [0.1, 0.15) is 0 Å². The second kappa shape index (κ2) is 6.28. The van der Waals surface area contributed by atoms with Crippen LogP contribution in [-0.4, -0.2) is 19.3 Å². The van der Waals surface area contributed by atoms with E-state index < -0.39 is 12.1 Å². The van der Waals surface area contributed by atoms with Crippen molar-refractivity contribution in [2.24, 2.45) is 5.92 Å². The molecule has 0 aromatic rings. The van der Waals surface area contributed by atoms with Crippen molar-refractivity contribution in [3.8, 4) is 17.9 Å². The van der Waals surface area contributed by atoms with Crippen LogP contribution in [-0.2, 0) is 0 Å². The third-order valence-electron chi connectivity index (χ3n) is 1.50. The highest BCUT2D eigenvalue weighted by Crippen LogP contribution is 2.24. The van der Waals surface area contributed by atoms with Crippen molar-refractivity contribution >= 4 is 0 Å². The van der Waals surface area contributed by atoms with Crippen molar-refractivity contribution in [2.75, 3.05) is 13.1 Å². The lowest BCUT2D eigenvalue weighted by atomic mass is 10.1. The molecule has 0 fully saturated rings. The van der Waals surface area contributed by atoms with Gasteiger partial charge in [-0.1, -0.05) is 0 Å². The average molecular weight is 204 g/mol. The number of hydrogen-bond acceptors (Lipinski definition) is 2. The zero-order valence-electron chi connectivity index (χ0n) is 7.78. The Morgan fingerprint density at radius 1 is 1.43 bits per heavy atom. The number of nitriles is 1. The molecule has 0 amide bonds. The van der Waals surface area contributed by atoms with E-state index in [1.54, 1.807) is 6.92 Å². The normalized spacial score (nSPS) is 12.5. The summed E-state index contributed by atoms with van der Waals surface area (Å²) in [6, 6.07) is 1.21. The molecule has 0 spiro atoms. The van der Waals surface area contributed by atoms with Gasteiger partial charge < -0.3 is 5.32 Å². The number of alkyl halides is 3. The van der Waals surface area contributed by atoms with Gasteiger partial charge in [-0.25, -0.2) is 0 Å². The van der Waals surface area contributed by atoms with E-state index >= 15 is 0 Å². The van der Waals surface area contributed by atoms with Crippen molar-refractivity contribution < 1.29 is 13.2 Å². The van der Waals surface area contributed by atoms with E-state index in [4.69, 9.17) is 5.26 Å². The fourth-order valence-electron chi connectivity index (χ4n) is 0.757. The number of nitrogens with zero attached hydrogens (tertiary/aromatic N) is 1. The van der Waals surface area contributed by atoms with Gasteiger partial charge in [0.25, 0.3) is 0 Å². The van der Waals surface area contributed by atoms with Crippen LogP contribution in [0.3, 0.4) is 0 Å². The van der Waals surface area contributed by atoms with E-state index in [2.05, 4.69) is 17.2 Å². The van der Waals surface area contributed by atoms with E-state index in [1.807, 2.05) is 0 Å². The first-order valence-electron chi connectivity index (χ1n) is 4.09. The molecule has 0 heterocycles. The van der Waals surface area contributed by atoms with Gasteiger partial charge in [0.05, 0.1) is 6.07 Å². The van der Waals surface area contributed by atoms with Crippen LogP contribution in [0.25, 0.3) is 0 Å². The monoisotopic (exact) mass is 204 g/mol. The van der Waals surface area contributed by atoms with Gasteiger partial charge in [0.15, 0.2) is 5.92 Å². The number of nitrogens with one attached hydrogen (secondary N) is 1. The summed E-state index contributed by atoms with van der Waals surface area (Å²) in [6.45, 7) is 1.66. The summed E-state index contributed by atoms with van der Waals surface area (Å²) >= 11 is 0. The number of rotatable bonds is 4. The predicted molar refractivity (Wildman–Crippen MR) is 46.1 cm³/mol. The molecule has 0 aliphatic rings. The summed E-state index contributed by atoms with van der Waals surface area (Å²) in [7, 11) is 0. The van der Waals surface area contributed by atoms with Gasteiger partial charge in [0, 0.05) is 19.5 Å². The standard InChI is InChI=1S/C9H11F3N2/c1-2-3-4-5-14-7-8(6-13)9(10,11)12/h8,14H,4-5,7H2,1H3. The molecule has 0 radical (unpaired) electrons. The lowest BCUT2D eigenvalue weighted by Crippen LogP contribution is -2.32. The fraction of sp³-hybridized carbons (Fsp3) is 0.667. The summed E-state index contributed by atoms with van der Waals surface area (Å²) in [6.07, 6.45) is -3.95. The Labute approximate surface area is 81.1 Å². The van der Waals surface area contributed by atoms with Gasteiger partial charge in [-0.05, 0) is 6.92 Å². The molecule has 0 aliphatic carbocycles. The Hall–Kier alpha value is -1.20. The number of hydrogen-bond donors (Lipinski definition) is 1. The van der Waals surface area contributed by atoms with Gasteiger partial charge in [-0.2, -0.15) is 18.4 Å². The van der Waals surface area contributed by atoms with E-state index in [0.29, 0.717) is 13.0 Å². The Balaban J connectivity index is 3.75. The molecule has 78 valence electrons. The molecule has 1 atom stereocenters. The largest absolute Gasteiger partial charge is 0.405 e. The zero-order chi connectivity index (χ0) is 11.0. The minimum atomic E-state index is -4.45. The fourth-order valence-corrected chi connectivity index (χ4v) is 0.757. The van der Waals surface area contributed by atoms with Gasteiger partial charge in [-0.15, -0.1) is 11.8 Å². The molecular weight excluding hydrogens is 193 g/mol. The molecule has 5 heteroatoms. The lowest BCUT2D eigenvalue weighted by molar-refractivity contribution is -0.157. The smallest absolute Gasteiger partial charge is 0.314 e. The Morgan fingerprint density at radius 2 is 2.07 bits per heavy atom. The Bertz CT molecular complexity index is 254. The lowest BCUT2D eigenvalue weighted by Gasteiger charge is -2.12. The summed E-state index contributed by atoms with van der Waals surface area (Å²) in [5, 5.41) is 10.8. The minimum Gasteiger partial charge on any atom is -0.314 e. The van der Waals surface area contributed by atoms with Crippen molar-refractivity contribution in [3.05, 3.63) is 0 Å².